The zero-order chi connectivity index (χ0) is 15.7. The van der Waals surface area contributed by atoms with Crippen LogP contribution in [-0.4, -0.2) is 49.7 Å². The van der Waals surface area contributed by atoms with E-state index in [1.54, 1.807) is 11.0 Å². The molecule has 0 unspecified atom stereocenters. The molecular weight excluding hydrogens is 300 g/mol. The molecule has 22 heavy (non-hydrogen) atoms. The van der Waals surface area contributed by atoms with Gasteiger partial charge in [0.1, 0.15) is 0 Å². The van der Waals surface area contributed by atoms with E-state index in [0.29, 0.717) is 37.5 Å². The average Bonchev–Trinajstić information content (AvgIpc) is 3.01. The minimum Gasteiger partial charge on any atom is -0.340 e. The van der Waals surface area contributed by atoms with Crippen molar-refractivity contribution in [3.63, 3.8) is 0 Å². The molecule has 1 aromatic carbocycles. The van der Waals surface area contributed by atoms with E-state index in [1.807, 2.05) is 19.1 Å². The van der Waals surface area contributed by atoms with Gasteiger partial charge in [0.2, 0.25) is 15.9 Å². The van der Waals surface area contributed by atoms with Crippen LogP contribution < -0.4 is 0 Å². The number of fused-ring (bicyclic) bond motifs is 1. The number of aryl methyl sites for hydroxylation is 2. The van der Waals surface area contributed by atoms with Gasteiger partial charge in [-0.1, -0.05) is 13.0 Å². The molecule has 1 aromatic rings. The highest BCUT2D eigenvalue weighted by Crippen LogP contribution is 2.26. The van der Waals surface area contributed by atoms with Gasteiger partial charge < -0.3 is 4.90 Å². The van der Waals surface area contributed by atoms with Crippen molar-refractivity contribution < 1.29 is 13.2 Å². The van der Waals surface area contributed by atoms with Gasteiger partial charge in [0, 0.05) is 32.6 Å². The van der Waals surface area contributed by atoms with E-state index >= 15 is 0 Å². The fourth-order valence-electron chi connectivity index (χ4n) is 3.26. The van der Waals surface area contributed by atoms with Crippen LogP contribution in [0.2, 0.25) is 0 Å². The number of rotatable bonds is 3. The molecule has 120 valence electrons. The summed E-state index contributed by atoms with van der Waals surface area (Å²) in [4.78, 5) is 13.8. The Morgan fingerprint density at radius 2 is 1.77 bits per heavy atom. The second-order valence-corrected chi connectivity index (χ2v) is 7.86. The first-order chi connectivity index (χ1) is 10.5. The fourth-order valence-corrected chi connectivity index (χ4v) is 4.73. The normalized spacial score (nSPS) is 19.2. The van der Waals surface area contributed by atoms with Crippen molar-refractivity contribution in [2.75, 3.05) is 26.2 Å². The summed E-state index contributed by atoms with van der Waals surface area (Å²) in [7, 11) is -3.44. The molecular formula is C16H22N2O3S. The average molecular weight is 322 g/mol. The lowest BCUT2D eigenvalue weighted by Gasteiger charge is -2.34. The van der Waals surface area contributed by atoms with E-state index in [9.17, 15) is 13.2 Å². The second kappa shape index (κ2) is 6.01. The third-order valence-corrected chi connectivity index (χ3v) is 6.50. The van der Waals surface area contributed by atoms with E-state index in [-0.39, 0.29) is 5.91 Å². The van der Waals surface area contributed by atoms with Crippen LogP contribution in [0, 0.1) is 0 Å². The van der Waals surface area contributed by atoms with Crippen molar-refractivity contribution in [2.24, 2.45) is 0 Å². The standard InChI is InChI=1S/C16H22N2O3S/c1-2-16(19)17-8-10-18(11-9-17)22(20,21)15-7-6-13-4-3-5-14(13)12-15/h6-7,12H,2-5,8-11H2,1H3. The smallest absolute Gasteiger partial charge is 0.243 e. The van der Waals surface area contributed by atoms with Gasteiger partial charge >= 0.3 is 0 Å². The highest BCUT2D eigenvalue weighted by atomic mass is 32.2. The van der Waals surface area contributed by atoms with Crippen molar-refractivity contribution in [2.45, 2.75) is 37.5 Å². The molecule has 3 rings (SSSR count). The van der Waals surface area contributed by atoms with Crippen molar-refractivity contribution in [1.29, 1.82) is 0 Å². The van der Waals surface area contributed by atoms with Crippen molar-refractivity contribution >= 4 is 15.9 Å². The molecule has 0 bridgehead atoms. The first-order valence-electron chi connectivity index (χ1n) is 7.92. The maximum atomic E-state index is 12.8. The van der Waals surface area contributed by atoms with Crippen LogP contribution in [0.4, 0.5) is 0 Å². The zero-order valence-corrected chi connectivity index (χ0v) is 13.7. The number of hydrogen-bond donors (Lipinski definition) is 0. The Bertz CT molecular complexity index is 677. The minimum atomic E-state index is -3.44. The highest BCUT2D eigenvalue weighted by molar-refractivity contribution is 7.89. The van der Waals surface area contributed by atoms with E-state index in [4.69, 9.17) is 0 Å². The van der Waals surface area contributed by atoms with E-state index in [1.165, 1.54) is 15.4 Å². The van der Waals surface area contributed by atoms with Crippen molar-refractivity contribution in [3.05, 3.63) is 29.3 Å². The van der Waals surface area contributed by atoms with Crippen LogP contribution in [0.15, 0.2) is 23.1 Å². The van der Waals surface area contributed by atoms with Gasteiger partial charge in [0.15, 0.2) is 0 Å². The summed E-state index contributed by atoms with van der Waals surface area (Å²) in [5.41, 5.74) is 2.44. The molecule has 1 aliphatic heterocycles. The molecule has 0 aromatic heterocycles. The van der Waals surface area contributed by atoms with Crippen molar-refractivity contribution in [3.8, 4) is 0 Å². The molecule has 1 aliphatic carbocycles. The van der Waals surface area contributed by atoms with Crippen LogP contribution in [-0.2, 0) is 27.7 Å². The molecule has 0 radical (unpaired) electrons. The maximum Gasteiger partial charge on any atom is 0.243 e. The Morgan fingerprint density at radius 3 is 2.45 bits per heavy atom. The van der Waals surface area contributed by atoms with Gasteiger partial charge in [0.25, 0.3) is 0 Å². The van der Waals surface area contributed by atoms with Crippen LogP contribution in [0.1, 0.15) is 30.9 Å². The lowest BCUT2D eigenvalue weighted by molar-refractivity contribution is -0.132. The summed E-state index contributed by atoms with van der Waals surface area (Å²) in [6.45, 7) is 3.56. The maximum absolute atomic E-state index is 12.8. The second-order valence-electron chi connectivity index (χ2n) is 5.92. The molecule has 1 saturated heterocycles. The quantitative estimate of drug-likeness (QED) is 0.845. The number of carbonyl (C=O) groups is 1. The summed E-state index contributed by atoms with van der Waals surface area (Å²) in [6, 6.07) is 5.51. The number of carbonyl (C=O) groups excluding carboxylic acids is 1. The fraction of sp³-hybridized carbons (Fsp3) is 0.562. The lowest BCUT2D eigenvalue weighted by atomic mass is 10.1. The first kappa shape index (κ1) is 15.5. The Morgan fingerprint density at radius 1 is 1.09 bits per heavy atom. The summed E-state index contributed by atoms with van der Waals surface area (Å²) in [5.74, 6) is 0.0922. The molecule has 0 atom stereocenters. The first-order valence-corrected chi connectivity index (χ1v) is 9.36. The molecule has 1 fully saturated rings. The predicted octanol–water partition coefficient (Wildman–Crippen LogP) is 1.42. The van der Waals surface area contributed by atoms with Gasteiger partial charge in [0.05, 0.1) is 4.90 Å². The molecule has 0 N–H and O–H groups in total. The molecule has 5 nitrogen and oxygen atoms in total. The molecule has 2 aliphatic rings. The Hall–Kier alpha value is -1.40. The molecule has 1 amide bonds. The van der Waals surface area contributed by atoms with Gasteiger partial charge in [-0.25, -0.2) is 8.42 Å². The number of sulfonamides is 1. The lowest BCUT2D eigenvalue weighted by Crippen LogP contribution is -2.50. The Balaban J connectivity index is 1.75. The summed E-state index contributed by atoms with van der Waals surface area (Å²) >= 11 is 0. The van der Waals surface area contributed by atoms with E-state index in [0.717, 1.165) is 19.3 Å². The van der Waals surface area contributed by atoms with Crippen molar-refractivity contribution in [1.82, 2.24) is 9.21 Å². The van der Waals surface area contributed by atoms with Crippen LogP contribution >= 0.6 is 0 Å². The van der Waals surface area contributed by atoms with Crippen LogP contribution in [0.25, 0.3) is 0 Å². The predicted molar refractivity (Wildman–Crippen MR) is 84.1 cm³/mol. The number of nitrogens with zero attached hydrogens (tertiary/aromatic N) is 2. The van der Waals surface area contributed by atoms with E-state index in [2.05, 4.69) is 0 Å². The molecule has 6 heteroatoms. The molecule has 1 heterocycles. The van der Waals surface area contributed by atoms with E-state index < -0.39 is 10.0 Å². The number of hydrogen-bond acceptors (Lipinski definition) is 3. The molecule has 0 spiro atoms. The SMILES string of the molecule is CCC(=O)N1CCN(S(=O)(=O)c2ccc3c(c2)CCC3)CC1. The van der Waals surface area contributed by atoms with Gasteiger partial charge in [-0.05, 0) is 42.5 Å². The summed E-state index contributed by atoms with van der Waals surface area (Å²) in [5, 5.41) is 0. The van der Waals surface area contributed by atoms with Crippen LogP contribution in [0.3, 0.4) is 0 Å². The third kappa shape index (κ3) is 2.77. The number of piperazine rings is 1. The minimum absolute atomic E-state index is 0.0922. The number of benzene rings is 1. The van der Waals surface area contributed by atoms with Gasteiger partial charge in [-0.2, -0.15) is 4.31 Å². The zero-order valence-electron chi connectivity index (χ0n) is 12.9. The summed E-state index contributed by atoms with van der Waals surface area (Å²) < 4.78 is 27.0. The largest absolute Gasteiger partial charge is 0.340 e. The highest BCUT2D eigenvalue weighted by Gasteiger charge is 2.30. The third-order valence-electron chi connectivity index (χ3n) is 4.60. The monoisotopic (exact) mass is 322 g/mol. The number of amides is 1. The van der Waals surface area contributed by atoms with Gasteiger partial charge in [-0.15, -0.1) is 0 Å². The molecule has 0 saturated carbocycles. The topological polar surface area (TPSA) is 57.7 Å². The van der Waals surface area contributed by atoms with Crippen LogP contribution in [0.5, 0.6) is 0 Å². The Kier molecular flexibility index (Phi) is 4.23. The van der Waals surface area contributed by atoms with Gasteiger partial charge in [-0.3, -0.25) is 4.79 Å². The summed E-state index contributed by atoms with van der Waals surface area (Å²) in [6.07, 6.45) is 3.60. The Labute approximate surface area is 132 Å².